The van der Waals surface area contributed by atoms with E-state index in [2.05, 4.69) is 15.0 Å². The van der Waals surface area contributed by atoms with Gasteiger partial charge in [-0.3, -0.25) is 4.79 Å². The molecule has 1 aromatic heterocycles. The second-order valence-electron chi connectivity index (χ2n) is 6.09. The van der Waals surface area contributed by atoms with Crippen molar-refractivity contribution in [1.29, 1.82) is 0 Å². The molecule has 0 radical (unpaired) electrons. The van der Waals surface area contributed by atoms with Gasteiger partial charge in [0.2, 0.25) is 5.95 Å². The fraction of sp³-hybridized carbons (Fsp3) is 0.375. The number of nitrogens with zero attached hydrogens (tertiary/aromatic N) is 5. The summed E-state index contributed by atoms with van der Waals surface area (Å²) in [5.41, 5.74) is 0.841. The number of methoxy groups -OCH3 is 1. The van der Waals surface area contributed by atoms with Crippen molar-refractivity contribution in [3.63, 3.8) is 0 Å². The Labute approximate surface area is 173 Å². The van der Waals surface area contributed by atoms with E-state index < -0.39 is 26.2 Å². The number of hydrogen-bond donors (Lipinski definition) is 0. The topological polar surface area (TPSA) is 106 Å². The van der Waals surface area contributed by atoms with Crippen LogP contribution in [0.2, 0.25) is 0 Å². The summed E-state index contributed by atoms with van der Waals surface area (Å²) in [6.07, 6.45) is 0. The number of carbonyl (C=O) groups is 1. The number of aryl methyl sites for hydroxylation is 1. The van der Waals surface area contributed by atoms with Crippen molar-refractivity contribution in [3.8, 4) is 6.01 Å². The van der Waals surface area contributed by atoms with Gasteiger partial charge in [-0.25, -0.2) is 8.42 Å². The maximum atomic E-state index is 13.2. The minimum Gasteiger partial charge on any atom is -0.467 e. The second kappa shape index (κ2) is 8.06. The Morgan fingerprint density at radius 1 is 1.07 bits per heavy atom. The molecule has 0 unspecified atom stereocenters. The summed E-state index contributed by atoms with van der Waals surface area (Å²) >= 11 is 11.8. The van der Waals surface area contributed by atoms with E-state index in [-0.39, 0.29) is 16.9 Å². The van der Waals surface area contributed by atoms with E-state index >= 15 is 0 Å². The van der Waals surface area contributed by atoms with Crippen molar-refractivity contribution in [3.05, 3.63) is 29.8 Å². The zero-order valence-corrected chi connectivity index (χ0v) is 18.2. The monoisotopic (exact) mass is 447 g/mol. The van der Waals surface area contributed by atoms with Crippen molar-refractivity contribution in [1.82, 2.24) is 15.0 Å². The first kappa shape index (κ1) is 22.1. The molecule has 0 atom stereocenters. The van der Waals surface area contributed by atoms with E-state index in [0.29, 0.717) is 4.31 Å². The molecule has 2 rings (SSSR count). The SMILES string of the molecule is COc1nc(N(C)C)nc(N(C(=O)C(C)(Cl)Cl)S(=O)(=O)c2ccc(C)cc2)n1. The van der Waals surface area contributed by atoms with Crippen molar-refractivity contribution in [2.45, 2.75) is 23.1 Å². The molecule has 2 aromatic rings. The Balaban J connectivity index is 2.76. The highest BCUT2D eigenvalue weighted by Crippen LogP contribution is 2.31. The first-order valence-corrected chi connectivity index (χ1v) is 10.1. The second-order valence-corrected chi connectivity index (χ2v) is 9.58. The summed E-state index contributed by atoms with van der Waals surface area (Å²) in [4.78, 5) is 26.2. The molecule has 28 heavy (non-hydrogen) atoms. The summed E-state index contributed by atoms with van der Waals surface area (Å²) in [5.74, 6) is -1.56. The molecular formula is C16H19Cl2N5O4S. The molecule has 1 heterocycles. The van der Waals surface area contributed by atoms with Crippen molar-refractivity contribution in [2.24, 2.45) is 0 Å². The molecule has 0 fully saturated rings. The molecule has 0 aliphatic heterocycles. The van der Waals surface area contributed by atoms with E-state index in [9.17, 15) is 13.2 Å². The zero-order valence-electron chi connectivity index (χ0n) is 15.8. The molecule has 0 aliphatic rings. The maximum Gasteiger partial charge on any atom is 0.322 e. The van der Waals surface area contributed by atoms with Crippen LogP contribution in [0.5, 0.6) is 6.01 Å². The van der Waals surface area contributed by atoms with Crippen LogP contribution in [0.1, 0.15) is 12.5 Å². The third-order valence-corrected chi connectivity index (χ3v) is 5.48. The minimum absolute atomic E-state index is 0.0737. The molecule has 1 amide bonds. The molecule has 1 aromatic carbocycles. The lowest BCUT2D eigenvalue weighted by Crippen LogP contribution is -2.45. The number of benzene rings is 1. The van der Waals surface area contributed by atoms with Gasteiger partial charge in [0.15, 0.2) is 4.33 Å². The third kappa shape index (κ3) is 4.62. The van der Waals surface area contributed by atoms with Gasteiger partial charge in [-0.15, -0.1) is 0 Å². The quantitative estimate of drug-likeness (QED) is 0.620. The highest BCUT2D eigenvalue weighted by atomic mass is 35.5. The van der Waals surface area contributed by atoms with Crippen LogP contribution in [0, 0.1) is 6.92 Å². The number of anilines is 2. The summed E-state index contributed by atoms with van der Waals surface area (Å²) in [7, 11) is 0.128. The predicted octanol–water partition coefficient (Wildman–Crippen LogP) is 2.17. The van der Waals surface area contributed by atoms with E-state index in [1.807, 2.05) is 0 Å². The van der Waals surface area contributed by atoms with E-state index in [4.69, 9.17) is 27.9 Å². The van der Waals surface area contributed by atoms with Gasteiger partial charge in [0.05, 0.1) is 12.0 Å². The standard InChI is InChI=1S/C16H19Cl2N5O4S/c1-10-6-8-11(9-7-10)28(25,26)23(12(24)16(2,17)18)14-19-13(22(3)4)20-15(21-14)27-5/h6-9H,1-5H3. The summed E-state index contributed by atoms with van der Waals surface area (Å²) in [6.45, 7) is 2.95. The Morgan fingerprint density at radius 2 is 1.61 bits per heavy atom. The largest absolute Gasteiger partial charge is 0.467 e. The van der Waals surface area contributed by atoms with Gasteiger partial charge in [-0.2, -0.15) is 19.3 Å². The van der Waals surface area contributed by atoms with Crippen LogP contribution in [0.25, 0.3) is 0 Å². The lowest BCUT2D eigenvalue weighted by molar-refractivity contribution is -0.117. The first-order valence-electron chi connectivity index (χ1n) is 7.89. The Kier molecular flexibility index (Phi) is 6.37. The van der Waals surface area contributed by atoms with E-state index in [0.717, 1.165) is 12.5 Å². The van der Waals surface area contributed by atoms with Crippen LogP contribution in [0.15, 0.2) is 29.2 Å². The smallest absolute Gasteiger partial charge is 0.322 e. The van der Waals surface area contributed by atoms with E-state index in [1.165, 1.54) is 24.1 Å². The number of aromatic nitrogens is 3. The molecule has 0 saturated carbocycles. The highest BCUT2D eigenvalue weighted by molar-refractivity contribution is 7.93. The molecule has 9 nitrogen and oxygen atoms in total. The van der Waals surface area contributed by atoms with Crippen LogP contribution in [-0.4, -0.2) is 54.8 Å². The van der Waals surface area contributed by atoms with Crippen molar-refractivity contribution < 1.29 is 17.9 Å². The normalized spacial score (nSPS) is 11.8. The van der Waals surface area contributed by atoms with Gasteiger partial charge >= 0.3 is 6.01 Å². The number of sulfonamides is 1. The number of rotatable bonds is 6. The average Bonchev–Trinajstić information content (AvgIpc) is 2.60. The number of alkyl halides is 2. The summed E-state index contributed by atoms with van der Waals surface area (Å²) in [6, 6.07) is 5.72. The lowest BCUT2D eigenvalue weighted by atomic mass is 10.2. The highest BCUT2D eigenvalue weighted by Gasteiger charge is 2.42. The Bertz CT molecular complexity index is 976. The van der Waals surface area contributed by atoms with Crippen molar-refractivity contribution >= 4 is 51.0 Å². The molecule has 152 valence electrons. The zero-order chi connectivity index (χ0) is 21.3. The van der Waals surface area contributed by atoms with Crippen LogP contribution in [-0.2, 0) is 14.8 Å². The molecule has 0 spiro atoms. The number of hydrogen-bond acceptors (Lipinski definition) is 8. The van der Waals surface area contributed by atoms with Crippen LogP contribution >= 0.6 is 23.2 Å². The third-order valence-electron chi connectivity index (χ3n) is 3.47. The molecule has 0 N–H and O–H groups in total. The van der Waals surface area contributed by atoms with Gasteiger partial charge in [0.25, 0.3) is 21.9 Å². The fourth-order valence-corrected chi connectivity index (χ4v) is 3.68. The Hall–Kier alpha value is -2.17. The lowest BCUT2D eigenvalue weighted by Gasteiger charge is -2.25. The molecule has 0 bridgehead atoms. The number of halogens is 2. The number of ether oxygens (including phenoxy) is 1. The summed E-state index contributed by atoms with van der Waals surface area (Å²) in [5, 5.41) is 0. The number of carbonyl (C=O) groups excluding carboxylic acids is 1. The molecular weight excluding hydrogens is 429 g/mol. The Morgan fingerprint density at radius 3 is 2.07 bits per heavy atom. The van der Waals surface area contributed by atoms with Crippen molar-refractivity contribution in [2.75, 3.05) is 30.4 Å². The molecule has 0 aliphatic carbocycles. The van der Waals surface area contributed by atoms with E-state index in [1.54, 1.807) is 33.2 Å². The maximum absolute atomic E-state index is 13.2. The van der Waals surface area contributed by atoms with Gasteiger partial charge in [0, 0.05) is 14.1 Å². The first-order chi connectivity index (χ1) is 12.9. The van der Waals surface area contributed by atoms with Gasteiger partial charge < -0.3 is 9.64 Å². The minimum atomic E-state index is -4.43. The molecule has 0 saturated heterocycles. The summed E-state index contributed by atoms with van der Waals surface area (Å²) < 4.78 is 29.8. The predicted molar refractivity (Wildman–Crippen MR) is 107 cm³/mol. The average molecular weight is 448 g/mol. The fourth-order valence-electron chi connectivity index (χ4n) is 2.02. The number of amides is 1. The van der Waals surface area contributed by atoms with Crippen LogP contribution in [0.3, 0.4) is 0 Å². The van der Waals surface area contributed by atoms with Crippen LogP contribution in [0.4, 0.5) is 11.9 Å². The van der Waals surface area contributed by atoms with Gasteiger partial charge in [0.1, 0.15) is 0 Å². The van der Waals surface area contributed by atoms with Crippen LogP contribution < -0.4 is 13.9 Å². The van der Waals surface area contributed by atoms with Gasteiger partial charge in [-0.05, 0) is 26.0 Å². The van der Waals surface area contributed by atoms with Gasteiger partial charge in [-0.1, -0.05) is 40.9 Å². The molecule has 12 heteroatoms.